The summed E-state index contributed by atoms with van der Waals surface area (Å²) in [6.07, 6.45) is 2.03. The molecule has 1 aromatic rings. The van der Waals surface area contributed by atoms with Crippen LogP contribution < -0.4 is 10.1 Å². The number of rotatable bonds is 5. The number of morpholine rings is 1. The van der Waals surface area contributed by atoms with Gasteiger partial charge in [0.2, 0.25) is 5.88 Å². The molecule has 2 heterocycles. The highest BCUT2D eigenvalue weighted by Crippen LogP contribution is 2.12. The molecule has 1 aliphatic rings. The van der Waals surface area contributed by atoms with Gasteiger partial charge in [-0.25, -0.2) is 4.98 Å². The van der Waals surface area contributed by atoms with Crippen LogP contribution in [0.4, 0.5) is 5.69 Å². The highest BCUT2D eigenvalue weighted by atomic mass is 16.5. The Hall–Kier alpha value is -1.33. The zero-order chi connectivity index (χ0) is 12.8. The third-order valence-electron chi connectivity index (χ3n) is 2.90. The fourth-order valence-electron chi connectivity index (χ4n) is 1.94. The summed E-state index contributed by atoms with van der Waals surface area (Å²) in [7, 11) is 2.12. The summed E-state index contributed by atoms with van der Waals surface area (Å²) in [5.74, 6) is 0.664. The second-order valence-corrected chi connectivity index (χ2v) is 4.45. The molecule has 100 valence electrons. The van der Waals surface area contributed by atoms with Gasteiger partial charge in [-0.15, -0.1) is 0 Å². The number of anilines is 1. The van der Waals surface area contributed by atoms with Gasteiger partial charge < -0.3 is 19.7 Å². The zero-order valence-corrected chi connectivity index (χ0v) is 11.1. The van der Waals surface area contributed by atoms with Gasteiger partial charge in [-0.1, -0.05) is 0 Å². The summed E-state index contributed by atoms with van der Waals surface area (Å²) in [4.78, 5) is 6.50. The predicted octanol–water partition coefficient (Wildman–Crippen LogP) is 1.22. The Morgan fingerprint density at radius 1 is 1.56 bits per heavy atom. The first-order valence-corrected chi connectivity index (χ1v) is 6.41. The van der Waals surface area contributed by atoms with Crippen molar-refractivity contribution in [3.63, 3.8) is 0 Å². The maximum Gasteiger partial charge on any atom is 0.213 e. The normalized spacial score (nSPS) is 20.7. The lowest BCUT2D eigenvalue weighted by Crippen LogP contribution is -2.43. The number of nitrogens with one attached hydrogen (secondary N) is 1. The summed E-state index contributed by atoms with van der Waals surface area (Å²) in [6, 6.07) is 3.85. The smallest absolute Gasteiger partial charge is 0.213 e. The van der Waals surface area contributed by atoms with E-state index in [0.717, 1.165) is 31.9 Å². The summed E-state index contributed by atoms with van der Waals surface area (Å²) >= 11 is 0. The van der Waals surface area contributed by atoms with Crippen molar-refractivity contribution < 1.29 is 9.47 Å². The van der Waals surface area contributed by atoms with E-state index in [1.165, 1.54) is 0 Å². The number of hydrogen-bond donors (Lipinski definition) is 1. The average molecular weight is 251 g/mol. The molecule has 1 atom stereocenters. The molecule has 0 saturated carbocycles. The maximum absolute atomic E-state index is 5.68. The fraction of sp³-hybridized carbons (Fsp3) is 0.615. The molecule has 0 aromatic carbocycles. The number of nitrogens with zero attached hydrogens (tertiary/aromatic N) is 2. The van der Waals surface area contributed by atoms with Crippen molar-refractivity contribution >= 4 is 5.69 Å². The second-order valence-electron chi connectivity index (χ2n) is 4.45. The number of hydrogen-bond acceptors (Lipinski definition) is 5. The minimum Gasteiger partial charge on any atom is -0.478 e. The van der Waals surface area contributed by atoms with Crippen LogP contribution in [0.25, 0.3) is 0 Å². The Morgan fingerprint density at radius 3 is 3.11 bits per heavy atom. The van der Waals surface area contributed by atoms with E-state index in [9.17, 15) is 0 Å². The lowest BCUT2D eigenvalue weighted by Gasteiger charge is -2.30. The standard InChI is InChI=1S/C13H21N3O2/c1-3-17-13-5-4-11(8-15-13)14-9-12-10-16(2)6-7-18-12/h4-5,8,12,14H,3,6-7,9-10H2,1-2H3. The van der Waals surface area contributed by atoms with E-state index in [0.29, 0.717) is 12.5 Å². The van der Waals surface area contributed by atoms with Gasteiger partial charge in [0.1, 0.15) is 0 Å². The molecule has 0 amide bonds. The predicted molar refractivity (Wildman–Crippen MR) is 71.1 cm³/mol. The Labute approximate surface area is 108 Å². The molecule has 0 aliphatic carbocycles. The number of ether oxygens (including phenoxy) is 2. The molecular formula is C13H21N3O2. The van der Waals surface area contributed by atoms with Crippen molar-refractivity contribution in [2.24, 2.45) is 0 Å². The Kier molecular flexibility index (Phi) is 4.78. The van der Waals surface area contributed by atoms with E-state index < -0.39 is 0 Å². The molecule has 0 bridgehead atoms. The average Bonchev–Trinajstić information content (AvgIpc) is 2.38. The van der Waals surface area contributed by atoms with Crippen molar-refractivity contribution in [1.82, 2.24) is 9.88 Å². The molecule has 1 aliphatic heterocycles. The first kappa shape index (κ1) is 13.1. The van der Waals surface area contributed by atoms with Gasteiger partial charge in [-0.3, -0.25) is 0 Å². The van der Waals surface area contributed by atoms with Crippen LogP contribution in [0.15, 0.2) is 18.3 Å². The van der Waals surface area contributed by atoms with E-state index in [1.54, 1.807) is 6.20 Å². The summed E-state index contributed by atoms with van der Waals surface area (Å²) in [6.45, 7) is 6.19. The van der Waals surface area contributed by atoms with Crippen LogP contribution in [0.1, 0.15) is 6.92 Å². The zero-order valence-electron chi connectivity index (χ0n) is 11.1. The number of likely N-dealkylation sites (N-methyl/N-ethyl adjacent to an activating group) is 1. The monoisotopic (exact) mass is 251 g/mol. The van der Waals surface area contributed by atoms with E-state index in [-0.39, 0.29) is 6.10 Å². The van der Waals surface area contributed by atoms with E-state index >= 15 is 0 Å². The minimum atomic E-state index is 0.246. The van der Waals surface area contributed by atoms with Crippen LogP contribution in [0.3, 0.4) is 0 Å². The molecule has 2 rings (SSSR count). The molecule has 5 nitrogen and oxygen atoms in total. The van der Waals surface area contributed by atoms with Crippen LogP contribution >= 0.6 is 0 Å². The summed E-state index contributed by atoms with van der Waals surface area (Å²) in [5, 5.41) is 3.33. The highest BCUT2D eigenvalue weighted by Gasteiger charge is 2.17. The largest absolute Gasteiger partial charge is 0.478 e. The SMILES string of the molecule is CCOc1ccc(NCC2CN(C)CCO2)cn1. The number of pyridine rings is 1. The van der Waals surface area contributed by atoms with Crippen LogP contribution in [-0.2, 0) is 4.74 Å². The molecule has 1 fully saturated rings. The summed E-state index contributed by atoms with van der Waals surface area (Å²) in [5.41, 5.74) is 0.996. The van der Waals surface area contributed by atoms with Gasteiger partial charge in [0.05, 0.1) is 31.2 Å². The van der Waals surface area contributed by atoms with Crippen molar-refractivity contribution in [3.8, 4) is 5.88 Å². The lowest BCUT2D eigenvalue weighted by molar-refractivity contribution is -0.0117. The van der Waals surface area contributed by atoms with Crippen LogP contribution in [0.5, 0.6) is 5.88 Å². The first-order chi connectivity index (χ1) is 8.78. The van der Waals surface area contributed by atoms with Gasteiger partial charge in [0, 0.05) is 25.7 Å². The number of aromatic nitrogens is 1. The van der Waals surface area contributed by atoms with Crippen molar-refractivity contribution in [2.45, 2.75) is 13.0 Å². The van der Waals surface area contributed by atoms with E-state index in [4.69, 9.17) is 9.47 Å². The first-order valence-electron chi connectivity index (χ1n) is 6.41. The topological polar surface area (TPSA) is 46.6 Å². The van der Waals surface area contributed by atoms with Crippen LogP contribution in [0, 0.1) is 0 Å². The van der Waals surface area contributed by atoms with Gasteiger partial charge in [-0.2, -0.15) is 0 Å². The Bertz CT molecular complexity index is 356. The molecule has 1 unspecified atom stereocenters. The molecular weight excluding hydrogens is 230 g/mol. The van der Waals surface area contributed by atoms with Gasteiger partial charge in [0.15, 0.2) is 0 Å². The molecule has 0 radical (unpaired) electrons. The Morgan fingerprint density at radius 2 is 2.44 bits per heavy atom. The van der Waals surface area contributed by atoms with Crippen molar-refractivity contribution in [1.29, 1.82) is 0 Å². The highest BCUT2D eigenvalue weighted by molar-refractivity contribution is 5.42. The summed E-state index contributed by atoms with van der Waals surface area (Å²) < 4.78 is 11.0. The van der Waals surface area contributed by atoms with Gasteiger partial charge in [0.25, 0.3) is 0 Å². The third-order valence-corrected chi connectivity index (χ3v) is 2.90. The molecule has 1 aromatic heterocycles. The maximum atomic E-state index is 5.68. The second kappa shape index (κ2) is 6.56. The molecule has 5 heteroatoms. The molecule has 0 spiro atoms. The lowest BCUT2D eigenvalue weighted by atomic mass is 10.2. The fourth-order valence-corrected chi connectivity index (χ4v) is 1.94. The van der Waals surface area contributed by atoms with E-state index in [1.807, 2.05) is 19.1 Å². The third kappa shape index (κ3) is 3.85. The minimum absolute atomic E-state index is 0.246. The van der Waals surface area contributed by atoms with Crippen LogP contribution in [0.2, 0.25) is 0 Å². The van der Waals surface area contributed by atoms with Crippen molar-refractivity contribution in [3.05, 3.63) is 18.3 Å². The molecule has 1 saturated heterocycles. The van der Waals surface area contributed by atoms with Crippen molar-refractivity contribution in [2.75, 3.05) is 45.2 Å². The Balaban J connectivity index is 1.78. The quantitative estimate of drug-likeness (QED) is 0.852. The molecule has 18 heavy (non-hydrogen) atoms. The van der Waals surface area contributed by atoms with E-state index in [2.05, 4.69) is 22.2 Å². The van der Waals surface area contributed by atoms with Gasteiger partial charge >= 0.3 is 0 Å². The van der Waals surface area contributed by atoms with Gasteiger partial charge in [-0.05, 0) is 20.0 Å². The molecule has 1 N–H and O–H groups in total. The van der Waals surface area contributed by atoms with Crippen LogP contribution in [-0.4, -0.2) is 55.9 Å².